The predicted molar refractivity (Wildman–Crippen MR) is 184 cm³/mol. The average molecular weight is 890 g/mol. The van der Waals surface area contributed by atoms with Gasteiger partial charge < -0.3 is 56.0 Å². The SMILES string of the molecule is CC(C)(COP(=O)(O)OP(=O)(O)OC[C@H]1O[C@@H](n2cnc3c(N)ncnc32)[C@H](O)[C@@H]1OP(=O)(O)O)[C@@H](O)C(=O)NCCC(=O)NCCSC(=O)C(F)C(O)CF. The van der Waals surface area contributed by atoms with Crippen molar-refractivity contribution in [2.75, 3.05) is 44.5 Å². The largest absolute Gasteiger partial charge is 0.481 e. The molecule has 11 N–H and O–H groups in total. The summed E-state index contributed by atoms with van der Waals surface area (Å²) in [6.45, 7) is -1.62. The van der Waals surface area contributed by atoms with Crippen LogP contribution in [0.5, 0.6) is 0 Å². The maximum atomic E-state index is 13.4. The molecule has 3 heterocycles. The molecular weight excluding hydrogens is 849 g/mol. The molecule has 1 fully saturated rings. The predicted octanol–water partition coefficient (Wildman–Crippen LogP) is -1.67. The fourth-order valence-corrected chi connectivity index (χ4v) is 8.15. The minimum atomic E-state index is -5.61. The van der Waals surface area contributed by atoms with Crippen LogP contribution in [0.25, 0.3) is 11.2 Å². The fourth-order valence-electron chi connectivity index (χ4n) is 4.60. The highest BCUT2D eigenvalue weighted by atomic mass is 32.2. The Labute approximate surface area is 319 Å². The molecule has 0 saturated carbocycles. The number of alkyl halides is 2. The van der Waals surface area contributed by atoms with Crippen LogP contribution in [0.3, 0.4) is 0 Å². The molecule has 1 saturated heterocycles. The lowest BCUT2D eigenvalue weighted by Crippen LogP contribution is -2.46. The summed E-state index contributed by atoms with van der Waals surface area (Å²) >= 11 is 0.420. The molecule has 2 aromatic heterocycles. The molecule has 31 heteroatoms. The lowest BCUT2D eigenvalue weighted by molar-refractivity contribution is -0.137. The Balaban J connectivity index is 1.49. The minimum Gasteiger partial charge on any atom is -0.387 e. The van der Waals surface area contributed by atoms with E-state index in [4.69, 9.17) is 24.6 Å². The van der Waals surface area contributed by atoms with Crippen LogP contribution in [-0.2, 0) is 50.7 Å². The van der Waals surface area contributed by atoms with Gasteiger partial charge in [0.05, 0.1) is 19.5 Å². The molecule has 1 aliphatic heterocycles. The first-order valence-electron chi connectivity index (χ1n) is 15.8. The fraction of sp³-hybridized carbons (Fsp3) is 0.680. The number of anilines is 1. The Morgan fingerprint density at radius 2 is 1.73 bits per heavy atom. The van der Waals surface area contributed by atoms with Crippen molar-refractivity contribution in [1.82, 2.24) is 30.2 Å². The Morgan fingerprint density at radius 3 is 2.38 bits per heavy atom. The van der Waals surface area contributed by atoms with Gasteiger partial charge in [0.25, 0.3) is 0 Å². The van der Waals surface area contributed by atoms with Crippen molar-refractivity contribution in [3.05, 3.63) is 12.7 Å². The van der Waals surface area contributed by atoms with Gasteiger partial charge in [0.2, 0.25) is 16.9 Å². The van der Waals surface area contributed by atoms with E-state index < -0.39 is 109 Å². The lowest BCUT2D eigenvalue weighted by atomic mass is 9.87. The molecule has 2 amide bonds. The average Bonchev–Trinajstić information content (AvgIpc) is 3.67. The van der Waals surface area contributed by atoms with Gasteiger partial charge >= 0.3 is 23.5 Å². The Hall–Kier alpha value is -2.62. The van der Waals surface area contributed by atoms with E-state index in [0.717, 1.165) is 17.2 Å². The molecule has 2 aromatic rings. The maximum Gasteiger partial charge on any atom is 0.481 e. The van der Waals surface area contributed by atoms with Gasteiger partial charge in [-0.2, -0.15) is 4.31 Å². The topological polar surface area (TPSA) is 384 Å². The number of carbonyl (C=O) groups is 3. The third kappa shape index (κ3) is 13.8. The molecule has 0 spiro atoms. The Kier molecular flexibility index (Phi) is 17.0. The molecule has 25 nitrogen and oxygen atoms in total. The zero-order valence-corrected chi connectivity index (χ0v) is 32.6. The van der Waals surface area contributed by atoms with Crippen molar-refractivity contribution in [2.45, 2.75) is 63.2 Å². The minimum absolute atomic E-state index is 0.00938. The number of nitrogens with two attached hydrogens (primary N) is 1. The zero-order chi connectivity index (χ0) is 42.2. The highest BCUT2D eigenvalue weighted by Crippen LogP contribution is 2.61. The summed E-state index contributed by atoms with van der Waals surface area (Å²) in [6.07, 6.45) is -11.8. The summed E-state index contributed by atoms with van der Waals surface area (Å²) in [7, 11) is -16.5. The zero-order valence-electron chi connectivity index (χ0n) is 29.1. The summed E-state index contributed by atoms with van der Waals surface area (Å²) in [4.78, 5) is 86.7. The third-order valence-electron chi connectivity index (χ3n) is 7.47. The van der Waals surface area contributed by atoms with Crippen molar-refractivity contribution >= 4 is 69.1 Å². The van der Waals surface area contributed by atoms with Gasteiger partial charge in [-0.1, -0.05) is 25.6 Å². The quantitative estimate of drug-likeness (QED) is 0.0467. The van der Waals surface area contributed by atoms with E-state index in [2.05, 4.69) is 34.4 Å². The third-order valence-corrected chi connectivity index (χ3v) is 11.5. The van der Waals surface area contributed by atoms with E-state index in [1.54, 1.807) is 0 Å². The molecule has 56 heavy (non-hydrogen) atoms. The van der Waals surface area contributed by atoms with Gasteiger partial charge in [0.1, 0.15) is 49.0 Å². The number of hydrogen-bond donors (Lipinski definition) is 10. The van der Waals surface area contributed by atoms with Gasteiger partial charge in [-0.3, -0.25) is 32.5 Å². The van der Waals surface area contributed by atoms with Crippen molar-refractivity contribution < 1.29 is 94.4 Å². The second kappa shape index (κ2) is 19.9. The molecule has 318 valence electrons. The second-order valence-electron chi connectivity index (χ2n) is 12.4. The van der Waals surface area contributed by atoms with E-state index in [-0.39, 0.29) is 42.2 Å². The Bertz CT molecular complexity index is 1840. The first-order valence-corrected chi connectivity index (χ1v) is 21.3. The summed E-state index contributed by atoms with van der Waals surface area (Å²) < 4.78 is 87.5. The van der Waals surface area contributed by atoms with E-state index in [0.29, 0.717) is 11.8 Å². The van der Waals surface area contributed by atoms with E-state index in [1.807, 2.05) is 0 Å². The van der Waals surface area contributed by atoms with Gasteiger partial charge in [0, 0.05) is 30.7 Å². The summed E-state index contributed by atoms with van der Waals surface area (Å²) in [6, 6.07) is 0. The lowest BCUT2D eigenvalue weighted by Gasteiger charge is -2.30. The van der Waals surface area contributed by atoms with Crippen molar-refractivity contribution in [3.8, 4) is 0 Å². The maximum absolute atomic E-state index is 13.4. The molecular formula is C25H40F2N7O18P3S. The van der Waals surface area contributed by atoms with E-state index in [1.165, 1.54) is 13.8 Å². The second-order valence-corrected chi connectivity index (χ2v) is 17.7. The molecule has 1 aliphatic rings. The van der Waals surface area contributed by atoms with E-state index in [9.17, 15) is 66.6 Å². The van der Waals surface area contributed by atoms with E-state index >= 15 is 0 Å². The number of thioether (sulfide) groups is 1. The Morgan fingerprint density at radius 1 is 1.07 bits per heavy atom. The number of aliphatic hydroxyl groups is 3. The van der Waals surface area contributed by atoms with Crippen LogP contribution in [0, 0.1) is 5.41 Å². The number of phosphoric ester groups is 3. The smallest absolute Gasteiger partial charge is 0.387 e. The van der Waals surface area contributed by atoms with Crippen LogP contribution in [-0.4, -0.2) is 147 Å². The van der Waals surface area contributed by atoms with Gasteiger partial charge in [-0.05, 0) is 0 Å². The number of nitrogens with one attached hydrogen (secondary N) is 2. The number of rotatable bonds is 22. The van der Waals surface area contributed by atoms with Crippen LogP contribution < -0.4 is 16.4 Å². The number of amides is 2. The van der Waals surface area contributed by atoms with Crippen LogP contribution in [0.2, 0.25) is 0 Å². The van der Waals surface area contributed by atoms with Gasteiger partial charge in [0.15, 0.2) is 23.9 Å². The number of carbonyl (C=O) groups excluding carboxylic acids is 3. The van der Waals surface area contributed by atoms with Crippen LogP contribution in [0.1, 0.15) is 26.5 Å². The highest BCUT2D eigenvalue weighted by Gasteiger charge is 2.50. The standard InChI is InChI=1S/C25H40F2N7O18P3S/c1-25(2,19(38)22(39)30-4-3-14(36)29-5-6-56-24(40)15(27)12(35)7-26)9-49-55(46,47)52-54(44,45)48-8-13-18(51-53(41,42)43)17(37)23(50-13)34-11-33-16-20(28)31-10-32-21(16)34/h10-13,15,17-19,23,35,37-38H,3-9H2,1-2H3,(H,29,36)(H,30,39)(H,44,45)(H,46,47)(H2,28,31,32)(H2,41,42,43)/t12?,13-,15?,17-,18-,19+,23-/m1/s1. The number of nitrogens with zero attached hydrogens (tertiary/aromatic N) is 4. The number of aliphatic hydroxyl groups excluding tert-OH is 3. The number of imidazole rings is 1. The summed E-state index contributed by atoms with van der Waals surface area (Å²) in [5.74, 6) is -1.86. The van der Waals surface area contributed by atoms with Gasteiger partial charge in [-0.15, -0.1) is 0 Å². The molecule has 0 bridgehead atoms. The normalized spacial score (nSPS) is 22.8. The monoisotopic (exact) mass is 889 g/mol. The molecule has 0 radical (unpaired) electrons. The molecule has 9 atom stereocenters. The van der Waals surface area contributed by atoms with Crippen LogP contribution >= 0.6 is 35.2 Å². The summed E-state index contributed by atoms with van der Waals surface area (Å²) in [5, 5.41) is 33.8. The van der Waals surface area contributed by atoms with Crippen LogP contribution in [0.4, 0.5) is 14.6 Å². The van der Waals surface area contributed by atoms with Gasteiger partial charge in [-0.25, -0.2) is 37.4 Å². The number of fused-ring (bicyclic) bond motifs is 1. The molecule has 4 unspecified atom stereocenters. The first-order chi connectivity index (χ1) is 25.9. The number of phosphoric acid groups is 3. The van der Waals surface area contributed by atoms with Crippen molar-refractivity contribution in [2.24, 2.45) is 5.41 Å². The van der Waals surface area contributed by atoms with Crippen LogP contribution in [0.15, 0.2) is 12.7 Å². The van der Waals surface area contributed by atoms with Crippen molar-refractivity contribution in [3.63, 3.8) is 0 Å². The molecule has 0 aliphatic carbocycles. The number of halogens is 2. The highest BCUT2D eigenvalue weighted by molar-refractivity contribution is 8.13. The first kappa shape index (κ1) is 47.8. The number of nitrogen functional groups attached to an aromatic ring is 1. The number of aromatic nitrogens is 4. The number of hydrogen-bond acceptors (Lipinski definition) is 19. The molecule has 0 aromatic carbocycles. The van der Waals surface area contributed by atoms with Crippen molar-refractivity contribution in [1.29, 1.82) is 0 Å². The molecule has 3 rings (SSSR count). The number of ether oxygens (including phenoxy) is 1. The summed E-state index contributed by atoms with van der Waals surface area (Å²) in [5.41, 5.74) is 4.13.